The topological polar surface area (TPSA) is 53.5 Å². The first kappa shape index (κ1) is 16.1. The van der Waals surface area contributed by atoms with E-state index in [4.69, 9.17) is 0 Å². The molecule has 0 atom stereocenters. The van der Waals surface area contributed by atoms with Crippen molar-refractivity contribution in [2.45, 2.75) is 20.3 Å². The van der Waals surface area contributed by atoms with Gasteiger partial charge in [0.2, 0.25) is 5.91 Å². The van der Waals surface area contributed by atoms with Gasteiger partial charge in [0.05, 0.1) is 10.6 Å². The number of thiazole rings is 1. The summed E-state index contributed by atoms with van der Waals surface area (Å²) in [6.45, 7) is 6.08. The maximum atomic E-state index is 12.8. The Labute approximate surface area is 143 Å². The first-order valence-electron chi connectivity index (χ1n) is 7.62. The monoisotopic (exact) mass is 349 g/mol. The molecule has 0 aliphatic carbocycles. The fourth-order valence-corrected chi connectivity index (χ4v) is 4.51. The van der Waals surface area contributed by atoms with Gasteiger partial charge in [0.25, 0.3) is 5.91 Å². The highest BCUT2D eigenvalue weighted by atomic mass is 32.1. The maximum absolute atomic E-state index is 12.8. The Hall–Kier alpha value is -1.73. The molecule has 2 aromatic rings. The van der Waals surface area contributed by atoms with Crippen LogP contribution < -0.4 is 0 Å². The molecule has 1 aliphatic heterocycles. The third-order valence-corrected chi connectivity index (χ3v) is 6.14. The minimum atomic E-state index is 0.0354. The van der Waals surface area contributed by atoms with Crippen LogP contribution in [0.5, 0.6) is 0 Å². The molecule has 0 unspecified atom stereocenters. The van der Waals surface area contributed by atoms with Crippen molar-refractivity contribution < 1.29 is 9.59 Å². The molecule has 0 bridgehead atoms. The quantitative estimate of drug-likeness (QED) is 0.838. The molecule has 1 saturated heterocycles. The normalized spacial score (nSPS) is 15.6. The molecule has 2 aromatic heterocycles. The molecular weight excluding hydrogens is 330 g/mol. The van der Waals surface area contributed by atoms with Crippen LogP contribution in [0.4, 0.5) is 0 Å². The van der Waals surface area contributed by atoms with Crippen molar-refractivity contribution in [1.29, 1.82) is 0 Å². The predicted octanol–water partition coefficient (Wildman–Crippen LogP) is 2.87. The second kappa shape index (κ2) is 6.80. The maximum Gasteiger partial charge on any atom is 0.265 e. The molecule has 0 aromatic carbocycles. The number of carbonyl (C=O) groups is 2. The number of nitrogens with zero attached hydrogens (tertiary/aromatic N) is 3. The van der Waals surface area contributed by atoms with Crippen LogP contribution >= 0.6 is 22.7 Å². The minimum absolute atomic E-state index is 0.0354. The lowest BCUT2D eigenvalue weighted by Crippen LogP contribution is -2.36. The van der Waals surface area contributed by atoms with Crippen LogP contribution in [-0.2, 0) is 4.79 Å². The van der Waals surface area contributed by atoms with Crippen molar-refractivity contribution in [3.63, 3.8) is 0 Å². The van der Waals surface area contributed by atoms with Crippen LogP contribution in [0, 0.1) is 6.92 Å². The molecule has 1 aliphatic rings. The summed E-state index contributed by atoms with van der Waals surface area (Å²) in [5.41, 5.74) is 0.788. The summed E-state index contributed by atoms with van der Waals surface area (Å²) >= 11 is 3.09. The van der Waals surface area contributed by atoms with E-state index < -0.39 is 0 Å². The number of hydrogen-bond donors (Lipinski definition) is 0. The van der Waals surface area contributed by atoms with Crippen LogP contribution in [0.25, 0.3) is 9.88 Å². The van der Waals surface area contributed by atoms with Crippen molar-refractivity contribution in [1.82, 2.24) is 14.8 Å². The average Bonchev–Trinajstić information content (AvgIpc) is 3.10. The molecule has 3 rings (SSSR count). The largest absolute Gasteiger partial charge is 0.341 e. The first-order valence-corrected chi connectivity index (χ1v) is 9.32. The van der Waals surface area contributed by atoms with Gasteiger partial charge in [-0.1, -0.05) is 6.07 Å². The smallest absolute Gasteiger partial charge is 0.265 e. The average molecular weight is 349 g/mol. The highest BCUT2D eigenvalue weighted by molar-refractivity contribution is 7.22. The van der Waals surface area contributed by atoms with Crippen LogP contribution in [0.1, 0.15) is 28.7 Å². The predicted molar refractivity (Wildman–Crippen MR) is 92.9 cm³/mol. The van der Waals surface area contributed by atoms with Gasteiger partial charge in [-0.25, -0.2) is 4.98 Å². The van der Waals surface area contributed by atoms with E-state index in [2.05, 4.69) is 4.98 Å². The summed E-state index contributed by atoms with van der Waals surface area (Å²) < 4.78 is 0. The van der Waals surface area contributed by atoms with Gasteiger partial charge in [0, 0.05) is 33.1 Å². The number of carbonyl (C=O) groups excluding carboxylic acids is 2. The summed E-state index contributed by atoms with van der Waals surface area (Å²) in [7, 11) is 0. The van der Waals surface area contributed by atoms with E-state index in [0.717, 1.165) is 28.5 Å². The van der Waals surface area contributed by atoms with Gasteiger partial charge in [0.15, 0.2) is 0 Å². The lowest BCUT2D eigenvalue weighted by atomic mass is 10.3. The molecule has 3 heterocycles. The highest BCUT2D eigenvalue weighted by Gasteiger charge is 2.25. The summed E-state index contributed by atoms with van der Waals surface area (Å²) in [5, 5.41) is 2.92. The van der Waals surface area contributed by atoms with E-state index in [9.17, 15) is 9.59 Å². The summed E-state index contributed by atoms with van der Waals surface area (Å²) in [6.07, 6.45) is 0.820. The second-order valence-electron chi connectivity index (χ2n) is 5.56. The Bertz CT molecular complexity index is 709. The van der Waals surface area contributed by atoms with E-state index in [1.807, 2.05) is 34.2 Å². The van der Waals surface area contributed by atoms with Gasteiger partial charge in [-0.3, -0.25) is 9.59 Å². The SMILES string of the molecule is CC(=O)N1CCCN(C(=O)c2sc(-c3cccs3)nc2C)CC1. The van der Waals surface area contributed by atoms with Gasteiger partial charge in [-0.15, -0.1) is 22.7 Å². The fourth-order valence-electron chi connectivity index (χ4n) is 2.68. The van der Waals surface area contributed by atoms with Crippen molar-refractivity contribution in [2.75, 3.05) is 26.2 Å². The number of thiophene rings is 1. The Morgan fingerprint density at radius 2 is 1.91 bits per heavy atom. The van der Waals surface area contributed by atoms with E-state index >= 15 is 0 Å². The van der Waals surface area contributed by atoms with Gasteiger partial charge in [-0.2, -0.15) is 0 Å². The van der Waals surface area contributed by atoms with Crippen LogP contribution in [-0.4, -0.2) is 52.8 Å². The molecule has 5 nitrogen and oxygen atoms in total. The zero-order valence-corrected chi connectivity index (χ0v) is 14.9. The van der Waals surface area contributed by atoms with Crippen LogP contribution in [0.3, 0.4) is 0 Å². The minimum Gasteiger partial charge on any atom is -0.341 e. The Balaban J connectivity index is 1.77. The Morgan fingerprint density at radius 3 is 2.61 bits per heavy atom. The number of amides is 2. The molecule has 0 radical (unpaired) electrons. The van der Waals surface area contributed by atoms with Crippen molar-refractivity contribution in [2.24, 2.45) is 0 Å². The van der Waals surface area contributed by atoms with E-state index in [0.29, 0.717) is 24.5 Å². The number of aromatic nitrogens is 1. The fraction of sp³-hybridized carbons (Fsp3) is 0.438. The van der Waals surface area contributed by atoms with E-state index in [-0.39, 0.29) is 11.8 Å². The highest BCUT2D eigenvalue weighted by Crippen LogP contribution is 2.31. The Morgan fingerprint density at radius 1 is 1.17 bits per heavy atom. The van der Waals surface area contributed by atoms with Gasteiger partial charge < -0.3 is 9.80 Å². The Kier molecular flexibility index (Phi) is 4.77. The molecule has 0 N–H and O–H groups in total. The zero-order valence-electron chi connectivity index (χ0n) is 13.2. The molecule has 122 valence electrons. The lowest BCUT2D eigenvalue weighted by Gasteiger charge is -2.20. The zero-order chi connectivity index (χ0) is 16.4. The summed E-state index contributed by atoms with van der Waals surface area (Å²) in [5.74, 6) is 0.112. The van der Waals surface area contributed by atoms with Gasteiger partial charge >= 0.3 is 0 Å². The number of hydrogen-bond acceptors (Lipinski definition) is 5. The summed E-state index contributed by atoms with van der Waals surface area (Å²) in [4.78, 5) is 34.3. The molecule has 2 amide bonds. The van der Waals surface area contributed by atoms with Crippen molar-refractivity contribution >= 4 is 34.5 Å². The van der Waals surface area contributed by atoms with E-state index in [1.165, 1.54) is 11.3 Å². The van der Waals surface area contributed by atoms with Crippen molar-refractivity contribution in [3.05, 3.63) is 28.1 Å². The van der Waals surface area contributed by atoms with Crippen molar-refractivity contribution in [3.8, 4) is 9.88 Å². The lowest BCUT2D eigenvalue weighted by molar-refractivity contribution is -0.128. The molecule has 0 saturated carbocycles. The molecule has 1 fully saturated rings. The van der Waals surface area contributed by atoms with Gasteiger partial charge in [-0.05, 0) is 24.8 Å². The first-order chi connectivity index (χ1) is 11.1. The molecule has 23 heavy (non-hydrogen) atoms. The standard InChI is InChI=1S/C16H19N3O2S2/c1-11-14(23-15(17-11)13-5-3-10-22-13)16(21)19-7-4-6-18(8-9-19)12(2)20/h3,5,10H,4,6-9H2,1-2H3. The van der Waals surface area contributed by atoms with Gasteiger partial charge in [0.1, 0.15) is 9.88 Å². The third-order valence-electron chi connectivity index (χ3n) is 3.95. The second-order valence-corrected chi connectivity index (χ2v) is 7.51. The number of aryl methyl sites for hydroxylation is 1. The van der Waals surface area contributed by atoms with Crippen LogP contribution in [0.15, 0.2) is 17.5 Å². The van der Waals surface area contributed by atoms with Crippen LogP contribution in [0.2, 0.25) is 0 Å². The molecular formula is C16H19N3O2S2. The molecule has 0 spiro atoms. The third kappa shape index (κ3) is 3.45. The molecule has 7 heteroatoms. The summed E-state index contributed by atoms with van der Waals surface area (Å²) in [6, 6.07) is 4.01. The number of rotatable bonds is 2. The van der Waals surface area contributed by atoms with E-state index in [1.54, 1.807) is 18.3 Å².